The van der Waals surface area contributed by atoms with Crippen LogP contribution >= 0.6 is 11.3 Å². The van der Waals surface area contributed by atoms with Gasteiger partial charge in [-0.1, -0.05) is 26.0 Å². The largest absolute Gasteiger partial charge is 0.486 e. The van der Waals surface area contributed by atoms with Crippen molar-refractivity contribution >= 4 is 17.3 Å². The lowest BCUT2D eigenvalue weighted by atomic mass is 10.1. The lowest BCUT2D eigenvalue weighted by Crippen LogP contribution is -2.01. The van der Waals surface area contributed by atoms with Crippen LogP contribution in [0.1, 0.15) is 36.0 Å². The van der Waals surface area contributed by atoms with Crippen molar-refractivity contribution in [2.45, 2.75) is 32.8 Å². The molecule has 1 heterocycles. The monoisotopic (exact) mass is 291 g/mol. The third kappa shape index (κ3) is 4.06. The summed E-state index contributed by atoms with van der Waals surface area (Å²) in [7, 11) is 0. The normalized spacial score (nSPS) is 10.8. The molecule has 0 aliphatic rings. The Labute approximate surface area is 122 Å². The van der Waals surface area contributed by atoms with Crippen LogP contribution in [-0.2, 0) is 17.8 Å². The predicted molar refractivity (Wildman–Crippen MR) is 78.3 cm³/mol. The van der Waals surface area contributed by atoms with Crippen molar-refractivity contribution in [3.8, 4) is 5.75 Å². The molecule has 4 nitrogen and oxygen atoms in total. The number of hydrogen-bond donors (Lipinski definition) is 1. The maximum atomic E-state index is 10.7. The number of hydrogen-bond acceptors (Lipinski definition) is 4. The minimum absolute atomic E-state index is 0.00590. The summed E-state index contributed by atoms with van der Waals surface area (Å²) in [5.41, 5.74) is 1.81. The Bertz CT molecular complexity index is 592. The number of carboxylic acids is 1. The van der Waals surface area contributed by atoms with Crippen molar-refractivity contribution in [2.24, 2.45) is 0 Å². The lowest BCUT2D eigenvalue weighted by Gasteiger charge is -2.05. The standard InChI is InChI=1S/C15H17NO3S/c1-10(2)13-9-20-14(16-13)8-19-12-5-3-4-11(6-12)7-15(17)18/h3-6,9-10H,7-8H2,1-2H3,(H,17,18). The van der Waals surface area contributed by atoms with Crippen molar-refractivity contribution < 1.29 is 14.6 Å². The Balaban J connectivity index is 1.97. The van der Waals surface area contributed by atoms with Crippen molar-refractivity contribution in [3.63, 3.8) is 0 Å². The molecular weight excluding hydrogens is 274 g/mol. The fourth-order valence-corrected chi connectivity index (χ4v) is 2.59. The van der Waals surface area contributed by atoms with Gasteiger partial charge in [0.1, 0.15) is 17.4 Å². The minimum atomic E-state index is -0.844. The van der Waals surface area contributed by atoms with Gasteiger partial charge in [-0.25, -0.2) is 4.98 Å². The maximum absolute atomic E-state index is 10.7. The summed E-state index contributed by atoms with van der Waals surface area (Å²) in [6.45, 7) is 4.62. The Morgan fingerprint density at radius 1 is 1.45 bits per heavy atom. The third-order valence-corrected chi connectivity index (χ3v) is 3.62. The van der Waals surface area contributed by atoms with Crippen molar-refractivity contribution in [1.82, 2.24) is 4.98 Å². The molecule has 0 aliphatic heterocycles. The highest BCUT2D eigenvalue weighted by Crippen LogP contribution is 2.20. The average molecular weight is 291 g/mol. The highest BCUT2D eigenvalue weighted by molar-refractivity contribution is 7.09. The van der Waals surface area contributed by atoms with E-state index in [4.69, 9.17) is 9.84 Å². The van der Waals surface area contributed by atoms with E-state index in [9.17, 15) is 4.79 Å². The molecule has 0 amide bonds. The second-order valence-corrected chi connectivity index (χ2v) is 5.77. The SMILES string of the molecule is CC(C)c1csc(COc2cccc(CC(=O)O)c2)n1. The fourth-order valence-electron chi connectivity index (χ4n) is 1.72. The zero-order valence-corrected chi connectivity index (χ0v) is 12.3. The van der Waals surface area contributed by atoms with Gasteiger partial charge in [-0.3, -0.25) is 4.79 Å². The number of aromatic nitrogens is 1. The quantitative estimate of drug-likeness (QED) is 0.885. The molecule has 0 fully saturated rings. The highest BCUT2D eigenvalue weighted by Gasteiger charge is 2.07. The van der Waals surface area contributed by atoms with E-state index in [0.717, 1.165) is 16.3 Å². The molecular formula is C15H17NO3S. The number of aliphatic carboxylic acids is 1. The van der Waals surface area contributed by atoms with Gasteiger partial charge in [-0.15, -0.1) is 11.3 Å². The topological polar surface area (TPSA) is 59.4 Å². The zero-order chi connectivity index (χ0) is 14.5. The molecule has 2 aromatic rings. The molecule has 1 aromatic heterocycles. The molecule has 0 aliphatic carbocycles. The smallest absolute Gasteiger partial charge is 0.307 e. The van der Waals surface area contributed by atoms with Gasteiger partial charge in [-0.2, -0.15) is 0 Å². The summed E-state index contributed by atoms with van der Waals surface area (Å²) in [4.78, 5) is 15.2. The summed E-state index contributed by atoms with van der Waals surface area (Å²) >= 11 is 1.58. The number of ether oxygens (including phenoxy) is 1. The first-order valence-corrected chi connectivity index (χ1v) is 7.30. The van der Waals surface area contributed by atoms with Gasteiger partial charge < -0.3 is 9.84 Å². The molecule has 0 saturated heterocycles. The molecule has 5 heteroatoms. The first kappa shape index (κ1) is 14.5. The van der Waals surface area contributed by atoms with E-state index in [1.165, 1.54) is 0 Å². The fraction of sp³-hybridized carbons (Fsp3) is 0.333. The first-order chi connectivity index (χ1) is 9.54. The Morgan fingerprint density at radius 2 is 2.25 bits per heavy atom. The number of benzene rings is 1. The van der Waals surface area contributed by atoms with Gasteiger partial charge in [0.05, 0.1) is 12.1 Å². The van der Waals surface area contributed by atoms with E-state index in [1.807, 2.05) is 11.4 Å². The summed E-state index contributed by atoms with van der Waals surface area (Å²) in [5.74, 6) is 0.243. The molecule has 0 atom stereocenters. The lowest BCUT2D eigenvalue weighted by molar-refractivity contribution is -0.136. The van der Waals surface area contributed by atoms with E-state index in [1.54, 1.807) is 29.5 Å². The van der Waals surface area contributed by atoms with Crippen LogP contribution in [0.2, 0.25) is 0 Å². The van der Waals surface area contributed by atoms with Crippen LogP contribution < -0.4 is 4.74 Å². The number of thiazole rings is 1. The number of nitrogens with zero attached hydrogens (tertiary/aromatic N) is 1. The number of rotatable bonds is 6. The summed E-state index contributed by atoms with van der Waals surface area (Å²) < 4.78 is 5.66. The number of carboxylic acid groups (broad SMARTS) is 1. The van der Waals surface area contributed by atoms with Gasteiger partial charge in [0.2, 0.25) is 0 Å². The van der Waals surface area contributed by atoms with Crippen LogP contribution in [0.25, 0.3) is 0 Å². The van der Waals surface area contributed by atoms with Gasteiger partial charge in [0.25, 0.3) is 0 Å². The molecule has 20 heavy (non-hydrogen) atoms. The van der Waals surface area contributed by atoms with Crippen molar-refractivity contribution in [3.05, 3.63) is 45.9 Å². The molecule has 106 valence electrons. The molecule has 1 aromatic carbocycles. The van der Waals surface area contributed by atoms with Gasteiger partial charge in [0.15, 0.2) is 0 Å². The molecule has 0 radical (unpaired) electrons. The zero-order valence-electron chi connectivity index (χ0n) is 11.5. The maximum Gasteiger partial charge on any atom is 0.307 e. The van der Waals surface area contributed by atoms with Crippen LogP contribution in [0, 0.1) is 0 Å². The Morgan fingerprint density at radius 3 is 2.90 bits per heavy atom. The molecule has 1 N–H and O–H groups in total. The predicted octanol–water partition coefficient (Wildman–Crippen LogP) is 3.47. The highest BCUT2D eigenvalue weighted by atomic mass is 32.1. The van der Waals surface area contributed by atoms with Crippen molar-refractivity contribution in [2.75, 3.05) is 0 Å². The summed E-state index contributed by atoms with van der Waals surface area (Å²) in [5, 5.41) is 11.7. The second kappa shape index (κ2) is 6.52. The molecule has 2 rings (SSSR count). The Kier molecular flexibility index (Phi) is 4.74. The van der Waals surface area contributed by atoms with E-state index in [-0.39, 0.29) is 6.42 Å². The molecule has 0 saturated carbocycles. The van der Waals surface area contributed by atoms with E-state index in [2.05, 4.69) is 18.8 Å². The van der Waals surface area contributed by atoms with E-state index in [0.29, 0.717) is 18.3 Å². The van der Waals surface area contributed by atoms with Crippen LogP contribution in [0.3, 0.4) is 0 Å². The van der Waals surface area contributed by atoms with Crippen LogP contribution in [-0.4, -0.2) is 16.1 Å². The number of carbonyl (C=O) groups is 1. The van der Waals surface area contributed by atoms with Crippen LogP contribution in [0.15, 0.2) is 29.6 Å². The van der Waals surface area contributed by atoms with Gasteiger partial charge >= 0.3 is 5.97 Å². The molecule has 0 unspecified atom stereocenters. The molecule has 0 bridgehead atoms. The van der Waals surface area contributed by atoms with Crippen molar-refractivity contribution in [1.29, 1.82) is 0 Å². The average Bonchev–Trinajstić information content (AvgIpc) is 2.85. The van der Waals surface area contributed by atoms with Crippen LogP contribution in [0.5, 0.6) is 5.75 Å². The summed E-state index contributed by atoms with van der Waals surface area (Å²) in [6.07, 6.45) is 0.00590. The summed E-state index contributed by atoms with van der Waals surface area (Å²) in [6, 6.07) is 7.16. The second-order valence-electron chi connectivity index (χ2n) is 4.83. The third-order valence-electron chi connectivity index (χ3n) is 2.78. The van der Waals surface area contributed by atoms with Gasteiger partial charge in [0, 0.05) is 5.38 Å². The Hall–Kier alpha value is -1.88. The van der Waals surface area contributed by atoms with E-state index >= 15 is 0 Å². The first-order valence-electron chi connectivity index (χ1n) is 6.42. The molecule has 0 spiro atoms. The van der Waals surface area contributed by atoms with E-state index < -0.39 is 5.97 Å². The minimum Gasteiger partial charge on any atom is -0.486 e. The van der Waals surface area contributed by atoms with Crippen LogP contribution in [0.4, 0.5) is 0 Å². The van der Waals surface area contributed by atoms with Gasteiger partial charge in [-0.05, 0) is 23.6 Å².